The van der Waals surface area contributed by atoms with Crippen LogP contribution in [0, 0.1) is 0 Å². The first-order valence-electron chi connectivity index (χ1n) is 5.11. The molecule has 0 heterocycles. The molecular weight excluding hydrogens is 196 g/mol. The molecule has 3 N–H and O–H groups in total. The van der Waals surface area contributed by atoms with Gasteiger partial charge >= 0.3 is 5.97 Å². The third-order valence-electron chi connectivity index (χ3n) is 2.41. The topological polar surface area (TPSA) is 83.6 Å². The summed E-state index contributed by atoms with van der Waals surface area (Å²) >= 11 is 0. The van der Waals surface area contributed by atoms with Gasteiger partial charge in [0.2, 0.25) is 5.91 Å². The molecule has 0 spiro atoms. The van der Waals surface area contributed by atoms with Gasteiger partial charge in [0.1, 0.15) is 5.54 Å². The average molecular weight is 216 g/mol. The number of hydrogen-bond acceptors (Lipinski definition) is 3. The summed E-state index contributed by atoms with van der Waals surface area (Å²) in [6.45, 7) is 5.66. The van der Waals surface area contributed by atoms with E-state index in [1.54, 1.807) is 6.92 Å². The summed E-state index contributed by atoms with van der Waals surface area (Å²) in [5, 5.41) is 9.00. The van der Waals surface area contributed by atoms with Crippen LogP contribution in [0.1, 0.15) is 33.6 Å². The Morgan fingerprint density at radius 1 is 1.40 bits per heavy atom. The van der Waals surface area contributed by atoms with Crippen molar-refractivity contribution in [1.82, 2.24) is 4.90 Å². The van der Waals surface area contributed by atoms with Gasteiger partial charge in [-0.25, -0.2) is 4.79 Å². The van der Waals surface area contributed by atoms with Crippen molar-refractivity contribution in [2.24, 2.45) is 5.73 Å². The lowest BCUT2D eigenvalue weighted by Gasteiger charge is -2.34. The first-order valence-corrected chi connectivity index (χ1v) is 5.11. The zero-order valence-electron chi connectivity index (χ0n) is 9.62. The van der Waals surface area contributed by atoms with E-state index in [1.165, 1.54) is 18.7 Å². The Morgan fingerprint density at radius 3 is 2.27 bits per heavy atom. The highest BCUT2D eigenvalue weighted by Crippen LogP contribution is 2.16. The Labute approximate surface area is 90.2 Å². The molecular formula is C10H20N2O3. The van der Waals surface area contributed by atoms with Crippen LogP contribution in [0.5, 0.6) is 0 Å². The first-order chi connectivity index (χ1) is 6.87. The molecule has 5 heteroatoms. The Morgan fingerprint density at radius 2 is 1.93 bits per heavy atom. The van der Waals surface area contributed by atoms with Crippen LogP contribution in [-0.2, 0) is 9.59 Å². The third kappa shape index (κ3) is 3.51. The smallest absolute Gasteiger partial charge is 0.329 e. The summed E-state index contributed by atoms with van der Waals surface area (Å²) < 4.78 is 0. The van der Waals surface area contributed by atoms with Crippen molar-refractivity contribution in [3.63, 3.8) is 0 Å². The van der Waals surface area contributed by atoms with Gasteiger partial charge in [0.15, 0.2) is 0 Å². The molecule has 0 saturated heterocycles. The normalized spacial score (nSPS) is 11.2. The fourth-order valence-electron chi connectivity index (χ4n) is 1.39. The molecule has 0 aliphatic carbocycles. The van der Waals surface area contributed by atoms with Crippen molar-refractivity contribution in [3.8, 4) is 0 Å². The number of aliphatic carboxylic acids is 1. The van der Waals surface area contributed by atoms with E-state index in [4.69, 9.17) is 10.8 Å². The minimum absolute atomic E-state index is 0.157. The highest BCUT2D eigenvalue weighted by atomic mass is 16.4. The number of nitrogens with zero attached hydrogens (tertiary/aromatic N) is 1. The van der Waals surface area contributed by atoms with Gasteiger partial charge in [-0.2, -0.15) is 0 Å². The Bertz CT molecular complexity index is 239. The third-order valence-corrected chi connectivity index (χ3v) is 2.41. The second-order valence-electron chi connectivity index (χ2n) is 3.89. The number of amides is 1. The lowest BCUT2D eigenvalue weighted by atomic mass is 10.0. The number of carboxylic acids is 1. The second-order valence-corrected chi connectivity index (χ2v) is 3.89. The average Bonchev–Trinajstić information content (AvgIpc) is 2.15. The number of hydrogen-bond donors (Lipinski definition) is 2. The molecule has 0 rings (SSSR count). The van der Waals surface area contributed by atoms with Gasteiger partial charge in [-0.15, -0.1) is 0 Å². The largest absolute Gasteiger partial charge is 0.480 e. The number of likely N-dealkylation sites (N-methyl/N-ethyl adjacent to an activating group) is 1. The van der Waals surface area contributed by atoms with E-state index >= 15 is 0 Å². The van der Waals surface area contributed by atoms with Gasteiger partial charge in [-0.3, -0.25) is 4.79 Å². The fourth-order valence-corrected chi connectivity index (χ4v) is 1.39. The molecule has 0 aromatic rings. The van der Waals surface area contributed by atoms with Gasteiger partial charge in [0.25, 0.3) is 0 Å². The molecule has 15 heavy (non-hydrogen) atoms. The summed E-state index contributed by atoms with van der Waals surface area (Å²) in [4.78, 5) is 24.0. The number of carbonyl (C=O) groups is 2. The van der Waals surface area contributed by atoms with Gasteiger partial charge in [0.05, 0.1) is 0 Å². The van der Waals surface area contributed by atoms with Gasteiger partial charge in [-0.05, 0) is 33.7 Å². The Hall–Kier alpha value is -1.10. The van der Waals surface area contributed by atoms with E-state index in [1.807, 2.05) is 0 Å². The van der Waals surface area contributed by atoms with Crippen molar-refractivity contribution in [2.75, 3.05) is 13.1 Å². The van der Waals surface area contributed by atoms with Crippen LogP contribution in [0.15, 0.2) is 0 Å². The van der Waals surface area contributed by atoms with Crippen LogP contribution in [0.25, 0.3) is 0 Å². The van der Waals surface area contributed by atoms with Crippen LogP contribution in [0.3, 0.4) is 0 Å². The highest BCUT2D eigenvalue weighted by molar-refractivity contribution is 5.86. The number of nitrogens with two attached hydrogens (primary N) is 1. The highest BCUT2D eigenvalue weighted by Gasteiger charge is 2.36. The first kappa shape index (κ1) is 13.9. The summed E-state index contributed by atoms with van der Waals surface area (Å²) in [5.74, 6) is -1.15. The molecule has 0 unspecified atom stereocenters. The maximum Gasteiger partial charge on any atom is 0.329 e. The van der Waals surface area contributed by atoms with Crippen LogP contribution >= 0.6 is 0 Å². The number of carboxylic acid groups (broad SMARTS) is 1. The molecule has 5 nitrogen and oxygen atoms in total. The van der Waals surface area contributed by atoms with Crippen molar-refractivity contribution in [1.29, 1.82) is 0 Å². The van der Waals surface area contributed by atoms with Crippen molar-refractivity contribution >= 4 is 11.9 Å². The Kier molecular flexibility index (Phi) is 5.28. The predicted molar refractivity (Wildman–Crippen MR) is 57.4 cm³/mol. The van der Waals surface area contributed by atoms with E-state index in [9.17, 15) is 9.59 Å². The van der Waals surface area contributed by atoms with E-state index in [0.29, 0.717) is 25.9 Å². The number of rotatable bonds is 6. The zero-order valence-corrected chi connectivity index (χ0v) is 9.62. The zero-order chi connectivity index (χ0) is 12.1. The summed E-state index contributed by atoms with van der Waals surface area (Å²) in [7, 11) is 0. The second kappa shape index (κ2) is 5.70. The van der Waals surface area contributed by atoms with Crippen LogP contribution in [0.4, 0.5) is 0 Å². The van der Waals surface area contributed by atoms with E-state index < -0.39 is 11.5 Å². The van der Waals surface area contributed by atoms with Crippen LogP contribution in [-0.4, -0.2) is 40.5 Å². The van der Waals surface area contributed by atoms with Crippen molar-refractivity contribution < 1.29 is 14.7 Å². The summed E-state index contributed by atoms with van der Waals surface area (Å²) in [6.07, 6.45) is 0.895. The molecule has 0 fully saturated rings. The van der Waals surface area contributed by atoms with Crippen LogP contribution in [0.2, 0.25) is 0 Å². The predicted octanol–water partition coefficient (Wildman–Crippen LogP) is 0.437. The Balaban J connectivity index is 4.61. The molecule has 0 saturated carbocycles. The number of carbonyl (C=O) groups excluding carboxylic acids is 1. The summed E-state index contributed by atoms with van der Waals surface area (Å²) in [5.41, 5.74) is 4.15. The minimum atomic E-state index is -1.15. The quantitative estimate of drug-likeness (QED) is 0.674. The fraction of sp³-hybridized carbons (Fsp3) is 0.800. The molecule has 1 amide bonds. The molecule has 0 aromatic carbocycles. The lowest BCUT2D eigenvalue weighted by molar-refractivity contribution is -0.156. The molecule has 0 aromatic heterocycles. The van der Waals surface area contributed by atoms with Crippen molar-refractivity contribution in [3.05, 3.63) is 0 Å². The van der Waals surface area contributed by atoms with Crippen molar-refractivity contribution in [2.45, 2.75) is 39.2 Å². The molecule has 0 aliphatic rings. The van der Waals surface area contributed by atoms with E-state index in [0.717, 1.165) is 0 Å². The van der Waals surface area contributed by atoms with Gasteiger partial charge in [-0.1, -0.05) is 0 Å². The molecule has 0 atom stereocenters. The monoisotopic (exact) mass is 216 g/mol. The van der Waals surface area contributed by atoms with Crippen LogP contribution < -0.4 is 5.73 Å². The maximum atomic E-state index is 11.7. The van der Waals surface area contributed by atoms with Gasteiger partial charge < -0.3 is 15.7 Å². The lowest BCUT2D eigenvalue weighted by Crippen LogP contribution is -2.52. The SMILES string of the molecule is CCN(C(=O)CCCN)C(C)(C)C(=O)O. The van der Waals surface area contributed by atoms with E-state index in [2.05, 4.69) is 0 Å². The minimum Gasteiger partial charge on any atom is -0.480 e. The van der Waals surface area contributed by atoms with Gasteiger partial charge in [0, 0.05) is 13.0 Å². The molecule has 0 radical (unpaired) electrons. The van der Waals surface area contributed by atoms with E-state index in [-0.39, 0.29) is 5.91 Å². The summed E-state index contributed by atoms with van der Waals surface area (Å²) in [6, 6.07) is 0. The molecule has 0 aliphatic heterocycles. The standard InChI is InChI=1S/C10H20N2O3/c1-4-12(8(13)6-5-7-11)10(2,3)9(14)15/h4-7,11H2,1-3H3,(H,14,15). The molecule has 88 valence electrons. The maximum absolute atomic E-state index is 11.7. The molecule has 0 bridgehead atoms.